The molecule has 0 radical (unpaired) electrons. The molecular formula is C22H28FN3O5. The number of rotatable bonds is 4. The molecule has 2 aromatic heterocycles. The number of H-pyrrole nitrogens is 1. The number of aliphatic hydroxyl groups is 1. The SMILES string of the molecule is CC(C)(C)OC(=O)NC12CCC(CC(O)c3c(F)cnc4ccc(=O)[nH]c34)(CC1)OC2. The van der Waals surface area contributed by atoms with E-state index in [4.69, 9.17) is 9.47 Å². The molecule has 3 aliphatic rings. The lowest BCUT2D eigenvalue weighted by Crippen LogP contribution is -2.63. The van der Waals surface area contributed by atoms with Crippen LogP contribution in [0.25, 0.3) is 11.0 Å². The van der Waals surface area contributed by atoms with Gasteiger partial charge in [0.05, 0.1) is 41.1 Å². The van der Waals surface area contributed by atoms with Gasteiger partial charge in [-0.25, -0.2) is 9.18 Å². The zero-order chi connectivity index (χ0) is 22.4. The number of nitrogens with one attached hydrogen (secondary N) is 2. The van der Waals surface area contributed by atoms with Gasteiger partial charge in [0.25, 0.3) is 0 Å². The van der Waals surface area contributed by atoms with Gasteiger partial charge in [-0.15, -0.1) is 0 Å². The third-order valence-corrected chi connectivity index (χ3v) is 6.18. The van der Waals surface area contributed by atoms with E-state index in [1.165, 1.54) is 12.1 Å². The Bertz CT molecular complexity index is 1040. The largest absolute Gasteiger partial charge is 0.444 e. The maximum Gasteiger partial charge on any atom is 0.408 e. The molecule has 2 bridgehead atoms. The number of aromatic nitrogens is 2. The van der Waals surface area contributed by atoms with Crippen LogP contribution in [0.15, 0.2) is 23.1 Å². The zero-order valence-corrected chi connectivity index (χ0v) is 18.0. The summed E-state index contributed by atoms with van der Waals surface area (Å²) >= 11 is 0. The second-order valence-corrected chi connectivity index (χ2v) is 9.70. The molecule has 0 aromatic carbocycles. The number of hydrogen-bond donors (Lipinski definition) is 3. The predicted octanol–water partition coefficient (Wildman–Crippen LogP) is 3.09. The summed E-state index contributed by atoms with van der Waals surface area (Å²) in [7, 11) is 0. The second kappa shape index (κ2) is 7.56. The van der Waals surface area contributed by atoms with E-state index in [1.807, 2.05) is 20.8 Å². The van der Waals surface area contributed by atoms with Crippen molar-refractivity contribution in [2.75, 3.05) is 6.61 Å². The van der Waals surface area contributed by atoms with Crippen molar-refractivity contribution in [3.63, 3.8) is 0 Å². The van der Waals surface area contributed by atoms with Crippen LogP contribution >= 0.6 is 0 Å². The highest BCUT2D eigenvalue weighted by molar-refractivity contribution is 5.77. The maximum atomic E-state index is 14.6. The second-order valence-electron chi connectivity index (χ2n) is 9.70. The molecule has 5 rings (SSSR count). The van der Waals surface area contributed by atoms with Crippen molar-refractivity contribution in [3.05, 3.63) is 40.1 Å². The number of nitrogens with zero attached hydrogens (tertiary/aromatic N) is 1. The molecule has 4 heterocycles. The van der Waals surface area contributed by atoms with Crippen molar-refractivity contribution in [2.45, 2.75) is 75.7 Å². The van der Waals surface area contributed by atoms with Crippen LogP contribution in [0.2, 0.25) is 0 Å². The lowest BCUT2D eigenvalue weighted by atomic mass is 9.69. The number of ether oxygens (including phenoxy) is 2. The van der Waals surface area contributed by atoms with Crippen molar-refractivity contribution in [1.29, 1.82) is 0 Å². The lowest BCUT2D eigenvalue weighted by Gasteiger charge is -2.53. The first-order valence-corrected chi connectivity index (χ1v) is 10.5. The third-order valence-electron chi connectivity index (χ3n) is 6.18. The fourth-order valence-corrected chi connectivity index (χ4v) is 4.58. The summed E-state index contributed by atoms with van der Waals surface area (Å²) in [6, 6.07) is 2.81. The van der Waals surface area contributed by atoms with Crippen LogP contribution in [0.4, 0.5) is 9.18 Å². The number of amides is 1. The summed E-state index contributed by atoms with van der Waals surface area (Å²) in [6.07, 6.45) is 2.16. The monoisotopic (exact) mass is 433 g/mol. The Morgan fingerprint density at radius 3 is 2.68 bits per heavy atom. The molecule has 1 unspecified atom stereocenters. The Morgan fingerprint density at radius 2 is 2.06 bits per heavy atom. The van der Waals surface area contributed by atoms with Gasteiger partial charge in [0.2, 0.25) is 5.56 Å². The van der Waals surface area contributed by atoms with Gasteiger partial charge in [-0.2, -0.15) is 0 Å². The van der Waals surface area contributed by atoms with Gasteiger partial charge in [0.1, 0.15) is 11.4 Å². The molecule has 31 heavy (non-hydrogen) atoms. The number of alkyl carbamates (subject to hydrolysis) is 1. The number of aromatic amines is 1. The van der Waals surface area contributed by atoms with Crippen LogP contribution in [0.3, 0.4) is 0 Å². The number of carbonyl (C=O) groups is 1. The van der Waals surface area contributed by atoms with Gasteiger partial charge in [-0.1, -0.05) is 0 Å². The first-order valence-electron chi connectivity index (χ1n) is 10.5. The number of hydrogen-bond acceptors (Lipinski definition) is 6. The number of halogens is 1. The fraction of sp³-hybridized carbons (Fsp3) is 0.591. The molecule has 168 valence electrons. The summed E-state index contributed by atoms with van der Waals surface area (Å²) in [5, 5.41) is 13.9. The Labute approximate surface area is 179 Å². The molecule has 3 N–H and O–H groups in total. The maximum absolute atomic E-state index is 14.6. The smallest absolute Gasteiger partial charge is 0.408 e. The van der Waals surface area contributed by atoms with Crippen LogP contribution in [0.1, 0.15) is 64.5 Å². The summed E-state index contributed by atoms with van der Waals surface area (Å²) in [5.74, 6) is -0.675. The molecule has 3 fully saturated rings. The minimum Gasteiger partial charge on any atom is -0.444 e. The molecule has 1 aliphatic carbocycles. The van der Waals surface area contributed by atoms with E-state index < -0.39 is 40.3 Å². The van der Waals surface area contributed by atoms with Crippen molar-refractivity contribution in [2.24, 2.45) is 0 Å². The van der Waals surface area contributed by atoms with Gasteiger partial charge >= 0.3 is 6.09 Å². The summed E-state index contributed by atoms with van der Waals surface area (Å²) < 4.78 is 26.1. The Hall–Kier alpha value is -2.52. The van der Waals surface area contributed by atoms with Crippen LogP contribution in [0, 0.1) is 5.82 Å². The summed E-state index contributed by atoms with van der Waals surface area (Å²) in [5.41, 5.74) is -1.46. The van der Waals surface area contributed by atoms with Crippen molar-refractivity contribution in [1.82, 2.24) is 15.3 Å². The molecule has 2 aromatic rings. The molecule has 0 spiro atoms. The number of pyridine rings is 2. The number of fused-ring (bicyclic) bond motifs is 4. The normalized spacial score (nSPS) is 26.6. The Morgan fingerprint density at radius 1 is 1.35 bits per heavy atom. The minimum absolute atomic E-state index is 0.0231. The van der Waals surface area contributed by atoms with Gasteiger partial charge in [0.15, 0.2) is 0 Å². The van der Waals surface area contributed by atoms with Crippen molar-refractivity contribution < 1.29 is 23.8 Å². The highest BCUT2D eigenvalue weighted by Crippen LogP contribution is 2.48. The molecule has 1 amide bonds. The molecule has 2 aliphatic heterocycles. The van der Waals surface area contributed by atoms with Crippen molar-refractivity contribution >= 4 is 17.1 Å². The molecule has 1 saturated carbocycles. The molecule has 8 nitrogen and oxygen atoms in total. The zero-order valence-electron chi connectivity index (χ0n) is 18.0. The van der Waals surface area contributed by atoms with Gasteiger partial charge in [-0.05, 0) is 52.5 Å². The van der Waals surface area contributed by atoms with Gasteiger partial charge < -0.3 is 24.9 Å². The van der Waals surface area contributed by atoms with Crippen LogP contribution in [-0.2, 0) is 9.47 Å². The van der Waals surface area contributed by atoms with E-state index in [1.54, 1.807) is 0 Å². The lowest BCUT2D eigenvalue weighted by molar-refractivity contribution is -0.175. The van der Waals surface area contributed by atoms with E-state index in [9.17, 15) is 19.1 Å². The van der Waals surface area contributed by atoms with Crippen molar-refractivity contribution in [3.8, 4) is 0 Å². The minimum atomic E-state index is -1.17. The molecule has 2 saturated heterocycles. The fourth-order valence-electron chi connectivity index (χ4n) is 4.58. The van der Waals surface area contributed by atoms with E-state index in [0.29, 0.717) is 37.8 Å². The van der Waals surface area contributed by atoms with E-state index >= 15 is 0 Å². The average molecular weight is 433 g/mol. The van der Waals surface area contributed by atoms with E-state index in [-0.39, 0.29) is 17.5 Å². The van der Waals surface area contributed by atoms with Crippen LogP contribution in [0.5, 0.6) is 0 Å². The number of aliphatic hydroxyl groups excluding tert-OH is 1. The summed E-state index contributed by atoms with van der Waals surface area (Å²) in [4.78, 5) is 30.5. The van der Waals surface area contributed by atoms with Gasteiger partial charge in [-0.3, -0.25) is 9.78 Å². The van der Waals surface area contributed by atoms with Crippen LogP contribution in [-0.4, -0.2) is 44.5 Å². The third kappa shape index (κ3) is 4.43. The molecule has 1 atom stereocenters. The topological polar surface area (TPSA) is 114 Å². The highest BCUT2D eigenvalue weighted by Gasteiger charge is 2.51. The predicted molar refractivity (Wildman–Crippen MR) is 111 cm³/mol. The number of carbonyl (C=O) groups excluding carboxylic acids is 1. The Kier molecular flexibility index (Phi) is 5.29. The van der Waals surface area contributed by atoms with E-state index in [2.05, 4.69) is 15.3 Å². The Balaban J connectivity index is 1.49. The first kappa shape index (κ1) is 21.7. The quantitative estimate of drug-likeness (QED) is 0.683. The first-order chi connectivity index (χ1) is 14.5. The molecular weight excluding hydrogens is 405 g/mol. The van der Waals surface area contributed by atoms with E-state index in [0.717, 1.165) is 6.20 Å². The molecule has 9 heteroatoms. The highest BCUT2D eigenvalue weighted by atomic mass is 19.1. The standard InChI is InChI=1S/C22H28FN3O5/c1-20(2,3)31-19(29)26-21-6-8-22(9-7-21,30-12-21)10-15(27)17-13(23)11-24-14-4-5-16(28)25-18(14)17/h4-5,11,15,27H,6-10,12H2,1-3H3,(H,25,28)(H,26,29). The summed E-state index contributed by atoms with van der Waals surface area (Å²) in [6.45, 7) is 5.73. The van der Waals surface area contributed by atoms with Gasteiger partial charge in [0, 0.05) is 18.1 Å². The average Bonchev–Trinajstić information content (AvgIpc) is 2.67. The van der Waals surface area contributed by atoms with Crippen LogP contribution < -0.4 is 10.9 Å².